The third-order valence-electron chi connectivity index (χ3n) is 4.03. The first-order valence-corrected chi connectivity index (χ1v) is 8.25. The summed E-state index contributed by atoms with van der Waals surface area (Å²) in [5, 5.41) is 30.0. The van der Waals surface area contributed by atoms with E-state index in [-0.39, 0.29) is 11.4 Å². The van der Waals surface area contributed by atoms with Crippen molar-refractivity contribution < 1.29 is 24.2 Å². The standard InChI is InChI=1S/C17H12N6O7/c24-15-13(16(25)19-17(26)18-15)14(9-4-2-1-3-5-9)21-20-11-7-6-10(22(27)28)8-12(11)23(29)30/h1-8,13,20H,(H2,18,19,24,25,26). The molecule has 3 N–H and O–H groups in total. The molecular weight excluding hydrogens is 400 g/mol. The number of nitrogens with zero attached hydrogens (tertiary/aromatic N) is 3. The lowest BCUT2D eigenvalue weighted by Crippen LogP contribution is -2.58. The minimum Gasteiger partial charge on any atom is -0.277 e. The first-order chi connectivity index (χ1) is 14.3. The van der Waals surface area contributed by atoms with E-state index >= 15 is 0 Å². The first-order valence-electron chi connectivity index (χ1n) is 8.25. The Hall–Kier alpha value is -4.68. The van der Waals surface area contributed by atoms with Crippen LogP contribution < -0.4 is 16.1 Å². The van der Waals surface area contributed by atoms with Crippen molar-refractivity contribution in [1.29, 1.82) is 0 Å². The van der Waals surface area contributed by atoms with Crippen LogP contribution in [0.5, 0.6) is 0 Å². The predicted octanol–water partition coefficient (Wildman–Crippen LogP) is 1.30. The highest BCUT2D eigenvalue weighted by Gasteiger charge is 2.39. The van der Waals surface area contributed by atoms with E-state index < -0.39 is 45.0 Å². The summed E-state index contributed by atoms with van der Waals surface area (Å²) in [6, 6.07) is 9.88. The molecule has 13 heteroatoms. The van der Waals surface area contributed by atoms with Crippen LogP contribution in [0, 0.1) is 26.1 Å². The molecule has 1 heterocycles. The van der Waals surface area contributed by atoms with Gasteiger partial charge in [-0.1, -0.05) is 30.3 Å². The highest BCUT2D eigenvalue weighted by atomic mass is 16.6. The zero-order valence-electron chi connectivity index (χ0n) is 14.9. The highest BCUT2D eigenvalue weighted by molar-refractivity contribution is 6.31. The van der Waals surface area contributed by atoms with Crippen LogP contribution in [0.2, 0.25) is 0 Å². The molecule has 152 valence electrons. The van der Waals surface area contributed by atoms with E-state index in [2.05, 4.69) is 10.5 Å². The molecule has 2 aromatic rings. The summed E-state index contributed by atoms with van der Waals surface area (Å²) in [5.74, 6) is -3.37. The second-order valence-corrected chi connectivity index (χ2v) is 5.93. The van der Waals surface area contributed by atoms with Gasteiger partial charge >= 0.3 is 11.7 Å². The van der Waals surface area contributed by atoms with E-state index in [1.807, 2.05) is 10.6 Å². The third kappa shape index (κ3) is 4.09. The Morgan fingerprint density at radius 1 is 0.933 bits per heavy atom. The van der Waals surface area contributed by atoms with Crippen molar-refractivity contribution in [3.63, 3.8) is 0 Å². The Labute approximate surface area is 167 Å². The zero-order valence-corrected chi connectivity index (χ0v) is 14.9. The summed E-state index contributed by atoms with van der Waals surface area (Å²) in [7, 11) is 0. The number of rotatable bonds is 6. The Morgan fingerprint density at radius 3 is 2.13 bits per heavy atom. The molecule has 1 aliphatic rings. The molecule has 0 bridgehead atoms. The maximum absolute atomic E-state index is 12.3. The SMILES string of the molecule is O=C1NC(=O)C(C(=NNc2ccc([N+](=O)[O-])cc2[N+](=O)[O-])c2ccccc2)C(=O)N1. The molecule has 4 amide bonds. The molecule has 0 aliphatic carbocycles. The fraction of sp³-hybridized carbons (Fsp3) is 0.0588. The fourth-order valence-corrected chi connectivity index (χ4v) is 2.67. The van der Waals surface area contributed by atoms with E-state index in [1.54, 1.807) is 30.3 Å². The Morgan fingerprint density at radius 2 is 1.57 bits per heavy atom. The monoisotopic (exact) mass is 412 g/mol. The van der Waals surface area contributed by atoms with Gasteiger partial charge in [0.1, 0.15) is 5.69 Å². The normalized spacial score (nSPS) is 14.7. The van der Waals surface area contributed by atoms with Crippen LogP contribution in [0.25, 0.3) is 0 Å². The molecule has 3 rings (SSSR count). The number of nitro groups is 2. The minimum absolute atomic E-state index is 0.120. The smallest absolute Gasteiger partial charge is 0.277 e. The van der Waals surface area contributed by atoms with Crippen LogP contribution >= 0.6 is 0 Å². The molecule has 0 aromatic heterocycles. The molecule has 1 fully saturated rings. The van der Waals surface area contributed by atoms with Crippen molar-refractivity contribution in [1.82, 2.24) is 10.6 Å². The number of nitro benzene ring substituents is 2. The quantitative estimate of drug-likeness (QED) is 0.274. The van der Waals surface area contributed by atoms with E-state index in [0.29, 0.717) is 5.56 Å². The Balaban J connectivity index is 2.05. The van der Waals surface area contributed by atoms with Crippen LogP contribution in [-0.2, 0) is 9.59 Å². The van der Waals surface area contributed by atoms with Crippen molar-refractivity contribution in [3.05, 3.63) is 74.3 Å². The number of benzene rings is 2. The van der Waals surface area contributed by atoms with Gasteiger partial charge in [-0.25, -0.2) is 4.79 Å². The molecule has 1 aliphatic heterocycles. The second-order valence-electron chi connectivity index (χ2n) is 5.93. The zero-order chi connectivity index (χ0) is 21.8. The van der Waals surface area contributed by atoms with E-state index in [1.165, 1.54) is 0 Å². The van der Waals surface area contributed by atoms with Gasteiger partial charge in [-0.2, -0.15) is 5.10 Å². The third-order valence-corrected chi connectivity index (χ3v) is 4.03. The van der Waals surface area contributed by atoms with E-state index in [0.717, 1.165) is 18.2 Å². The number of anilines is 1. The van der Waals surface area contributed by atoms with Crippen LogP contribution in [0.4, 0.5) is 21.9 Å². The molecule has 0 spiro atoms. The van der Waals surface area contributed by atoms with Gasteiger partial charge in [0, 0.05) is 6.07 Å². The van der Waals surface area contributed by atoms with Crippen LogP contribution in [-0.4, -0.2) is 33.4 Å². The fourth-order valence-electron chi connectivity index (χ4n) is 2.67. The minimum atomic E-state index is -1.52. The number of carbonyl (C=O) groups is 3. The van der Waals surface area contributed by atoms with Gasteiger partial charge in [0.25, 0.3) is 5.69 Å². The van der Waals surface area contributed by atoms with Gasteiger partial charge in [-0.3, -0.25) is 45.9 Å². The van der Waals surface area contributed by atoms with Crippen molar-refractivity contribution in [2.45, 2.75) is 0 Å². The number of carbonyl (C=O) groups excluding carboxylic acids is 3. The topological polar surface area (TPSA) is 186 Å². The van der Waals surface area contributed by atoms with Gasteiger partial charge in [0.2, 0.25) is 11.8 Å². The average molecular weight is 412 g/mol. The molecule has 30 heavy (non-hydrogen) atoms. The summed E-state index contributed by atoms with van der Waals surface area (Å²) >= 11 is 0. The van der Waals surface area contributed by atoms with Crippen LogP contribution in [0.15, 0.2) is 53.6 Å². The lowest BCUT2D eigenvalue weighted by Gasteiger charge is -2.22. The van der Waals surface area contributed by atoms with Gasteiger partial charge in [0.05, 0.1) is 21.6 Å². The number of urea groups is 1. The molecule has 0 radical (unpaired) electrons. The van der Waals surface area contributed by atoms with E-state index in [4.69, 9.17) is 0 Å². The molecular formula is C17H12N6O7. The number of hydrazone groups is 1. The number of non-ortho nitro benzene ring substituents is 1. The van der Waals surface area contributed by atoms with Crippen molar-refractivity contribution >= 4 is 40.6 Å². The molecule has 1 saturated heterocycles. The number of imide groups is 2. The number of nitrogens with one attached hydrogen (secondary N) is 3. The molecule has 0 atom stereocenters. The summed E-state index contributed by atoms with van der Waals surface area (Å²) in [6.07, 6.45) is 0. The largest absolute Gasteiger partial charge is 0.328 e. The summed E-state index contributed by atoms with van der Waals surface area (Å²) in [5.41, 5.74) is 1.27. The number of amides is 4. The van der Waals surface area contributed by atoms with Gasteiger partial charge in [-0.15, -0.1) is 0 Å². The van der Waals surface area contributed by atoms with Crippen molar-refractivity contribution in [2.75, 3.05) is 5.43 Å². The van der Waals surface area contributed by atoms with Crippen LogP contribution in [0.1, 0.15) is 5.56 Å². The summed E-state index contributed by atoms with van der Waals surface area (Å²) in [4.78, 5) is 56.3. The van der Waals surface area contributed by atoms with Crippen molar-refractivity contribution in [3.8, 4) is 0 Å². The predicted molar refractivity (Wildman–Crippen MR) is 102 cm³/mol. The maximum atomic E-state index is 12.3. The van der Waals surface area contributed by atoms with E-state index in [9.17, 15) is 34.6 Å². The van der Waals surface area contributed by atoms with Gasteiger partial charge in [-0.05, 0) is 11.6 Å². The molecule has 0 saturated carbocycles. The average Bonchev–Trinajstić information content (AvgIpc) is 2.70. The first kappa shape index (κ1) is 20.1. The van der Waals surface area contributed by atoms with Gasteiger partial charge < -0.3 is 0 Å². The van der Waals surface area contributed by atoms with Crippen molar-refractivity contribution in [2.24, 2.45) is 11.0 Å². The highest BCUT2D eigenvalue weighted by Crippen LogP contribution is 2.29. The lowest BCUT2D eigenvalue weighted by molar-refractivity contribution is -0.393. The second kappa shape index (κ2) is 8.14. The number of hydrogen-bond donors (Lipinski definition) is 3. The lowest BCUT2D eigenvalue weighted by atomic mass is 9.94. The van der Waals surface area contributed by atoms with Crippen LogP contribution in [0.3, 0.4) is 0 Å². The Kier molecular flexibility index (Phi) is 5.44. The summed E-state index contributed by atoms with van der Waals surface area (Å²) < 4.78 is 0. The number of barbiturate groups is 1. The molecule has 0 unspecified atom stereocenters. The summed E-state index contributed by atoms with van der Waals surface area (Å²) in [6.45, 7) is 0. The maximum Gasteiger partial charge on any atom is 0.328 e. The number of hydrogen-bond acceptors (Lipinski definition) is 9. The molecule has 2 aromatic carbocycles. The van der Waals surface area contributed by atoms with Gasteiger partial charge in [0.15, 0.2) is 5.92 Å². The Bertz CT molecular complexity index is 1080. The molecule has 13 nitrogen and oxygen atoms in total.